The maximum atomic E-state index is 12.4. The number of carbonyl (C=O) groups is 1. The number of benzene rings is 1. The zero-order chi connectivity index (χ0) is 15.3. The van der Waals surface area contributed by atoms with Crippen LogP contribution in [0.2, 0.25) is 0 Å². The molecule has 0 heterocycles. The minimum atomic E-state index is -4.41. The van der Waals surface area contributed by atoms with Crippen molar-refractivity contribution in [2.45, 2.75) is 36.9 Å². The molecule has 0 bridgehead atoms. The molecule has 2 atom stereocenters. The van der Waals surface area contributed by atoms with Gasteiger partial charge in [0.25, 0.3) is 0 Å². The largest absolute Gasteiger partial charge is 0.480 e. The first kappa shape index (κ1) is 16.7. The van der Waals surface area contributed by atoms with Crippen LogP contribution in [0.25, 0.3) is 0 Å². The Kier molecular flexibility index (Phi) is 5.74. The molecule has 0 aromatic heterocycles. The molecule has 3 nitrogen and oxygen atoms in total. The summed E-state index contributed by atoms with van der Waals surface area (Å²) >= 11 is 0. The summed E-state index contributed by atoms with van der Waals surface area (Å²) in [6.45, 7) is 1.78. The number of alkyl halides is 3. The van der Waals surface area contributed by atoms with E-state index in [1.807, 2.05) is 0 Å². The van der Waals surface area contributed by atoms with Crippen LogP contribution in [0.5, 0.6) is 0 Å². The zero-order valence-corrected chi connectivity index (χ0v) is 11.6. The molecule has 0 unspecified atom stereocenters. The summed E-state index contributed by atoms with van der Waals surface area (Å²) in [5.74, 6) is -1.20. The fourth-order valence-electron chi connectivity index (χ4n) is 1.68. The van der Waals surface area contributed by atoms with Gasteiger partial charge in [0.05, 0.1) is 5.56 Å². The first-order valence-electron chi connectivity index (χ1n) is 6.01. The van der Waals surface area contributed by atoms with Crippen LogP contribution in [0, 0.1) is 0 Å². The predicted octanol–water partition coefficient (Wildman–Crippen LogP) is 3.21. The van der Waals surface area contributed by atoms with Crippen LogP contribution in [0.4, 0.5) is 13.2 Å². The van der Waals surface area contributed by atoms with Gasteiger partial charge in [0, 0.05) is 16.6 Å². The normalized spacial score (nSPS) is 14.8. The summed E-state index contributed by atoms with van der Waals surface area (Å²) in [5.41, 5.74) is -0.353. The molecule has 0 radical (unpaired) electrons. The molecule has 0 aliphatic carbocycles. The molecule has 1 aromatic rings. The lowest BCUT2D eigenvalue weighted by Gasteiger charge is -2.12. The zero-order valence-electron chi connectivity index (χ0n) is 10.8. The van der Waals surface area contributed by atoms with Crippen molar-refractivity contribution in [3.63, 3.8) is 0 Å². The molecular weight excluding hydrogens is 293 g/mol. The average Bonchev–Trinajstić information content (AvgIpc) is 2.34. The second-order valence-electron chi connectivity index (χ2n) is 4.34. The molecule has 1 N–H and O–H groups in total. The maximum absolute atomic E-state index is 12.4. The van der Waals surface area contributed by atoms with E-state index in [9.17, 15) is 22.2 Å². The highest BCUT2D eigenvalue weighted by molar-refractivity contribution is 7.85. The monoisotopic (exact) mass is 308 g/mol. The van der Waals surface area contributed by atoms with Crippen molar-refractivity contribution in [3.8, 4) is 0 Å². The molecule has 0 aliphatic rings. The van der Waals surface area contributed by atoms with Crippen molar-refractivity contribution in [2.75, 3.05) is 0 Å². The van der Waals surface area contributed by atoms with E-state index in [4.69, 9.17) is 5.11 Å². The Hall–Kier alpha value is -1.37. The highest BCUT2D eigenvalue weighted by Gasteiger charge is 2.30. The van der Waals surface area contributed by atoms with E-state index in [2.05, 4.69) is 0 Å². The molecule has 0 saturated heterocycles. The molecule has 0 spiro atoms. The van der Waals surface area contributed by atoms with Crippen LogP contribution in [0.3, 0.4) is 0 Å². The van der Waals surface area contributed by atoms with E-state index < -0.39 is 33.8 Å². The second kappa shape index (κ2) is 6.88. The van der Waals surface area contributed by atoms with E-state index in [0.717, 1.165) is 12.1 Å². The minimum absolute atomic E-state index is 0.0604. The summed E-state index contributed by atoms with van der Waals surface area (Å²) in [4.78, 5) is 11.0. The Morgan fingerprint density at radius 1 is 1.30 bits per heavy atom. The van der Waals surface area contributed by atoms with Gasteiger partial charge in [-0.2, -0.15) is 13.2 Å². The van der Waals surface area contributed by atoms with Crippen molar-refractivity contribution in [2.24, 2.45) is 0 Å². The van der Waals surface area contributed by atoms with Crippen molar-refractivity contribution in [1.29, 1.82) is 0 Å². The molecule has 20 heavy (non-hydrogen) atoms. The molecule has 0 fully saturated rings. The van der Waals surface area contributed by atoms with Crippen LogP contribution < -0.4 is 0 Å². The van der Waals surface area contributed by atoms with E-state index in [1.54, 1.807) is 6.92 Å². The molecule has 0 amide bonds. The fraction of sp³-hybridized carbons (Fsp3) is 0.462. The molecule has 1 rings (SSSR count). The van der Waals surface area contributed by atoms with E-state index in [1.165, 1.54) is 12.1 Å². The third kappa shape index (κ3) is 4.63. The highest BCUT2D eigenvalue weighted by atomic mass is 32.2. The topological polar surface area (TPSA) is 54.4 Å². The van der Waals surface area contributed by atoms with Crippen molar-refractivity contribution in [1.82, 2.24) is 0 Å². The SMILES string of the molecule is CCC[C@@H](C(=O)O)[S@](=O)Cc1ccc(C(F)(F)F)cc1. The lowest BCUT2D eigenvalue weighted by molar-refractivity contribution is -0.138. The number of carboxylic acid groups (broad SMARTS) is 1. The van der Waals surface area contributed by atoms with Crippen molar-refractivity contribution in [3.05, 3.63) is 35.4 Å². The van der Waals surface area contributed by atoms with Gasteiger partial charge in [-0.1, -0.05) is 25.5 Å². The number of hydrogen-bond donors (Lipinski definition) is 1. The van der Waals surface area contributed by atoms with Gasteiger partial charge < -0.3 is 5.11 Å². The van der Waals surface area contributed by atoms with E-state index in [-0.39, 0.29) is 12.2 Å². The molecule has 112 valence electrons. The average molecular weight is 308 g/mol. The first-order chi connectivity index (χ1) is 9.25. The fourth-order valence-corrected chi connectivity index (χ4v) is 3.13. The Morgan fingerprint density at radius 3 is 2.25 bits per heavy atom. The quantitative estimate of drug-likeness (QED) is 0.878. The second-order valence-corrected chi connectivity index (χ2v) is 5.95. The number of aliphatic carboxylic acids is 1. The van der Waals surface area contributed by atoms with Gasteiger partial charge in [-0.15, -0.1) is 0 Å². The minimum Gasteiger partial charge on any atom is -0.480 e. The highest BCUT2D eigenvalue weighted by Crippen LogP contribution is 2.29. The molecule has 1 aromatic carbocycles. The van der Waals surface area contributed by atoms with Gasteiger partial charge in [-0.25, -0.2) is 0 Å². The lowest BCUT2D eigenvalue weighted by Crippen LogP contribution is -2.26. The van der Waals surface area contributed by atoms with E-state index >= 15 is 0 Å². The van der Waals surface area contributed by atoms with Crippen LogP contribution in [-0.4, -0.2) is 20.5 Å². The predicted molar refractivity (Wildman–Crippen MR) is 69.6 cm³/mol. The lowest BCUT2D eigenvalue weighted by atomic mass is 10.1. The van der Waals surface area contributed by atoms with Crippen LogP contribution in [0.1, 0.15) is 30.9 Å². The maximum Gasteiger partial charge on any atom is 0.416 e. The van der Waals surface area contributed by atoms with Gasteiger partial charge in [0.15, 0.2) is 0 Å². The van der Waals surface area contributed by atoms with Gasteiger partial charge in [0.2, 0.25) is 0 Å². The Bertz CT molecular complexity index is 483. The van der Waals surface area contributed by atoms with Crippen molar-refractivity contribution < 1.29 is 27.3 Å². The first-order valence-corrected chi connectivity index (χ1v) is 7.40. The Morgan fingerprint density at radius 2 is 1.85 bits per heavy atom. The summed E-state index contributed by atoms with van der Waals surface area (Å²) in [5, 5.41) is 7.98. The molecular formula is C13H15F3O3S. The summed E-state index contributed by atoms with van der Waals surface area (Å²) in [6.07, 6.45) is -3.55. The van der Waals surface area contributed by atoms with Crippen LogP contribution in [-0.2, 0) is 27.5 Å². The van der Waals surface area contributed by atoms with E-state index in [0.29, 0.717) is 12.0 Å². The van der Waals surface area contributed by atoms with Gasteiger partial charge >= 0.3 is 12.1 Å². The smallest absolute Gasteiger partial charge is 0.416 e. The van der Waals surface area contributed by atoms with Crippen LogP contribution in [0.15, 0.2) is 24.3 Å². The standard InChI is InChI=1S/C13H15F3O3S/c1-2-3-11(12(17)18)20(19)8-9-4-6-10(7-5-9)13(14,15)16/h4-7,11H,2-3,8H2,1H3,(H,17,18)/t11-,20+/m0/s1. The summed E-state index contributed by atoms with van der Waals surface area (Å²) < 4.78 is 49.1. The van der Waals surface area contributed by atoms with Gasteiger partial charge in [-0.3, -0.25) is 9.00 Å². The number of hydrogen-bond acceptors (Lipinski definition) is 2. The third-order valence-electron chi connectivity index (χ3n) is 2.73. The van der Waals surface area contributed by atoms with Gasteiger partial charge in [0.1, 0.15) is 5.25 Å². The Labute approximate surface area is 117 Å². The molecule has 7 heteroatoms. The molecule has 0 saturated carbocycles. The van der Waals surface area contributed by atoms with Gasteiger partial charge in [-0.05, 0) is 24.1 Å². The number of rotatable bonds is 6. The number of halogens is 3. The summed E-state index contributed by atoms with van der Waals surface area (Å²) in [7, 11) is -1.65. The van der Waals surface area contributed by atoms with Crippen LogP contribution >= 0.6 is 0 Å². The van der Waals surface area contributed by atoms with Crippen molar-refractivity contribution >= 4 is 16.8 Å². The number of carboxylic acids is 1. The third-order valence-corrected chi connectivity index (χ3v) is 4.42. The molecule has 0 aliphatic heterocycles. The summed E-state index contributed by atoms with van der Waals surface area (Å²) in [6, 6.07) is 4.27. The Balaban J connectivity index is 2.78.